The van der Waals surface area contributed by atoms with Crippen LogP contribution in [0.4, 0.5) is 0 Å². The Balaban J connectivity index is 2.12. The summed E-state index contributed by atoms with van der Waals surface area (Å²) in [6.45, 7) is 2.04. The highest BCUT2D eigenvalue weighted by Crippen LogP contribution is 2.29. The normalized spacial score (nSPS) is 14.7. The minimum atomic E-state index is 0.734. The number of nitrogens with zero attached hydrogens (tertiary/aromatic N) is 3. The van der Waals surface area contributed by atoms with Crippen molar-refractivity contribution in [2.75, 3.05) is 0 Å². The van der Waals surface area contributed by atoms with E-state index in [2.05, 4.69) is 10.1 Å². The molecule has 1 aliphatic carbocycles. The Kier molecular flexibility index (Phi) is 2.63. The summed E-state index contributed by atoms with van der Waals surface area (Å²) >= 11 is 6.39. The standard InChI is InChI=1S/C13H14ClN3/c1-9-6-7-15-12(8-9)17-13(14)10-4-2-3-5-11(10)16-17/h6-8H,2-5H2,1H3. The summed E-state index contributed by atoms with van der Waals surface area (Å²) in [5, 5.41) is 5.32. The fourth-order valence-corrected chi connectivity index (χ4v) is 2.63. The molecule has 3 nitrogen and oxygen atoms in total. The van der Waals surface area contributed by atoms with Crippen LogP contribution >= 0.6 is 11.6 Å². The van der Waals surface area contributed by atoms with Crippen LogP contribution in [0.25, 0.3) is 5.82 Å². The lowest BCUT2D eigenvalue weighted by Gasteiger charge is -2.07. The zero-order valence-corrected chi connectivity index (χ0v) is 10.5. The van der Waals surface area contributed by atoms with Gasteiger partial charge in [-0.2, -0.15) is 5.10 Å². The van der Waals surface area contributed by atoms with Crippen molar-refractivity contribution in [3.8, 4) is 5.82 Å². The molecule has 0 N–H and O–H groups in total. The van der Waals surface area contributed by atoms with Gasteiger partial charge < -0.3 is 0 Å². The van der Waals surface area contributed by atoms with E-state index in [0.29, 0.717) is 0 Å². The average molecular weight is 248 g/mol. The molecule has 0 unspecified atom stereocenters. The van der Waals surface area contributed by atoms with Crippen LogP contribution in [-0.2, 0) is 12.8 Å². The molecule has 0 fully saturated rings. The molecule has 2 aromatic heterocycles. The maximum atomic E-state index is 6.39. The zero-order chi connectivity index (χ0) is 11.8. The third-order valence-corrected chi connectivity index (χ3v) is 3.60. The second kappa shape index (κ2) is 4.15. The van der Waals surface area contributed by atoms with Crippen LogP contribution in [0.3, 0.4) is 0 Å². The van der Waals surface area contributed by atoms with Crippen molar-refractivity contribution in [2.24, 2.45) is 0 Å². The highest BCUT2D eigenvalue weighted by molar-refractivity contribution is 6.30. The van der Waals surface area contributed by atoms with Crippen molar-refractivity contribution in [2.45, 2.75) is 32.6 Å². The van der Waals surface area contributed by atoms with Crippen molar-refractivity contribution in [1.29, 1.82) is 0 Å². The number of hydrogen-bond acceptors (Lipinski definition) is 2. The van der Waals surface area contributed by atoms with E-state index in [4.69, 9.17) is 11.6 Å². The fourth-order valence-electron chi connectivity index (χ4n) is 2.30. The second-order valence-corrected chi connectivity index (χ2v) is 4.88. The summed E-state index contributed by atoms with van der Waals surface area (Å²) in [4.78, 5) is 4.33. The molecule has 2 heterocycles. The van der Waals surface area contributed by atoms with Crippen LogP contribution in [0, 0.1) is 6.92 Å². The maximum absolute atomic E-state index is 6.39. The number of halogens is 1. The lowest BCUT2D eigenvalue weighted by molar-refractivity contribution is 0.670. The van der Waals surface area contributed by atoms with Gasteiger partial charge in [0, 0.05) is 11.8 Å². The van der Waals surface area contributed by atoms with E-state index in [1.54, 1.807) is 10.9 Å². The Hall–Kier alpha value is -1.35. The van der Waals surface area contributed by atoms with E-state index < -0.39 is 0 Å². The number of aromatic nitrogens is 3. The molecule has 3 rings (SSSR count). The number of hydrogen-bond donors (Lipinski definition) is 0. The Morgan fingerprint density at radius 3 is 2.88 bits per heavy atom. The van der Waals surface area contributed by atoms with Crippen LogP contribution in [-0.4, -0.2) is 14.8 Å². The highest BCUT2D eigenvalue weighted by atomic mass is 35.5. The summed E-state index contributed by atoms with van der Waals surface area (Å²) in [6, 6.07) is 3.98. The predicted octanol–water partition coefficient (Wildman–Crippen LogP) is 3.11. The van der Waals surface area contributed by atoms with Crippen molar-refractivity contribution >= 4 is 11.6 Å². The summed E-state index contributed by atoms with van der Waals surface area (Å²) in [6.07, 6.45) is 6.29. The molecule has 17 heavy (non-hydrogen) atoms. The van der Waals surface area contributed by atoms with Crippen molar-refractivity contribution in [3.05, 3.63) is 40.3 Å². The van der Waals surface area contributed by atoms with Crippen LogP contribution in [0.2, 0.25) is 5.15 Å². The zero-order valence-electron chi connectivity index (χ0n) is 9.78. The van der Waals surface area contributed by atoms with Gasteiger partial charge >= 0.3 is 0 Å². The van der Waals surface area contributed by atoms with Crippen LogP contribution in [0.15, 0.2) is 18.3 Å². The molecule has 0 saturated carbocycles. The Morgan fingerprint density at radius 1 is 1.29 bits per heavy atom. The first-order valence-electron chi connectivity index (χ1n) is 5.95. The van der Waals surface area contributed by atoms with Gasteiger partial charge in [-0.15, -0.1) is 0 Å². The number of aryl methyl sites for hydroxylation is 2. The molecule has 0 atom stereocenters. The molecule has 0 saturated heterocycles. The quantitative estimate of drug-likeness (QED) is 0.775. The lowest BCUT2D eigenvalue weighted by atomic mass is 9.99. The highest BCUT2D eigenvalue weighted by Gasteiger charge is 2.20. The SMILES string of the molecule is Cc1ccnc(-n2nc3c(c2Cl)CCCC3)c1. The lowest BCUT2D eigenvalue weighted by Crippen LogP contribution is -2.01. The molecule has 0 aliphatic heterocycles. The maximum Gasteiger partial charge on any atom is 0.155 e. The van der Waals surface area contributed by atoms with E-state index >= 15 is 0 Å². The molecule has 88 valence electrons. The molecule has 0 radical (unpaired) electrons. The van der Waals surface area contributed by atoms with E-state index in [1.165, 1.54) is 24.0 Å². The Labute approximate surface area is 105 Å². The first-order valence-corrected chi connectivity index (χ1v) is 6.33. The van der Waals surface area contributed by atoms with Gasteiger partial charge in [0.1, 0.15) is 5.15 Å². The molecule has 0 spiro atoms. The average Bonchev–Trinajstić information content (AvgIpc) is 2.68. The monoisotopic (exact) mass is 247 g/mol. The van der Waals surface area contributed by atoms with Crippen molar-refractivity contribution < 1.29 is 0 Å². The van der Waals surface area contributed by atoms with Gasteiger partial charge in [-0.05, 0) is 50.3 Å². The van der Waals surface area contributed by atoms with Gasteiger partial charge in [0.05, 0.1) is 5.69 Å². The van der Waals surface area contributed by atoms with Crippen LogP contribution in [0.1, 0.15) is 29.7 Å². The molecular formula is C13H14ClN3. The predicted molar refractivity (Wildman–Crippen MR) is 67.7 cm³/mol. The second-order valence-electron chi connectivity index (χ2n) is 4.53. The number of fused-ring (bicyclic) bond motifs is 1. The molecule has 4 heteroatoms. The number of pyridine rings is 1. The molecule has 2 aromatic rings. The van der Waals surface area contributed by atoms with Gasteiger partial charge in [0.2, 0.25) is 0 Å². The van der Waals surface area contributed by atoms with Crippen LogP contribution in [0.5, 0.6) is 0 Å². The molecule has 0 amide bonds. The summed E-state index contributed by atoms with van der Waals surface area (Å²) in [5.74, 6) is 0.810. The summed E-state index contributed by atoms with van der Waals surface area (Å²) in [5.41, 5.74) is 3.52. The first kappa shape index (κ1) is 10.8. The van der Waals surface area contributed by atoms with E-state index in [0.717, 1.165) is 29.5 Å². The largest absolute Gasteiger partial charge is 0.237 e. The topological polar surface area (TPSA) is 30.7 Å². The summed E-state index contributed by atoms with van der Waals surface area (Å²) < 4.78 is 1.77. The third kappa shape index (κ3) is 1.84. The van der Waals surface area contributed by atoms with E-state index in [1.807, 2.05) is 19.1 Å². The first-order chi connectivity index (χ1) is 8.25. The van der Waals surface area contributed by atoms with Gasteiger partial charge in [-0.3, -0.25) is 0 Å². The van der Waals surface area contributed by atoms with Gasteiger partial charge in [0.15, 0.2) is 5.82 Å². The molecular weight excluding hydrogens is 234 g/mol. The smallest absolute Gasteiger partial charge is 0.155 e. The van der Waals surface area contributed by atoms with Crippen molar-refractivity contribution in [3.63, 3.8) is 0 Å². The number of rotatable bonds is 1. The Morgan fingerprint density at radius 2 is 2.12 bits per heavy atom. The van der Waals surface area contributed by atoms with Crippen LogP contribution < -0.4 is 0 Å². The Bertz CT molecular complexity index is 560. The fraction of sp³-hybridized carbons (Fsp3) is 0.385. The van der Waals surface area contributed by atoms with Gasteiger partial charge in [-0.25, -0.2) is 9.67 Å². The molecule has 0 bridgehead atoms. The van der Waals surface area contributed by atoms with Crippen molar-refractivity contribution in [1.82, 2.24) is 14.8 Å². The molecule has 0 aromatic carbocycles. The van der Waals surface area contributed by atoms with E-state index in [9.17, 15) is 0 Å². The minimum absolute atomic E-state index is 0.734. The van der Waals surface area contributed by atoms with Gasteiger partial charge in [0.25, 0.3) is 0 Å². The summed E-state index contributed by atoms with van der Waals surface area (Å²) in [7, 11) is 0. The van der Waals surface area contributed by atoms with Gasteiger partial charge in [-0.1, -0.05) is 11.6 Å². The minimum Gasteiger partial charge on any atom is -0.237 e. The third-order valence-electron chi connectivity index (χ3n) is 3.21. The van der Waals surface area contributed by atoms with E-state index in [-0.39, 0.29) is 0 Å². The molecule has 1 aliphatic rings.